The molecule has 1 atom stereocenters. The van der Waals surface area contributed by atoms with Crippen molar-refractivity contribution in [2.45, 2.75) is 12.7 Å². The Labute approximate surface area is 115 Å². The van der Waals surface area contributed by atoms with Crippen molar-refractivity contribution in [3.8, 4) is 5.75 Å². The SMILES string of the molecule is O=C1c2ccc(OCc3ccccc3)cc2C(=O)C1O. The Morgan fingerprint density at radius 3 is 2.40 bits per heavy atom. The second kappa shape index (κ2) is 4.90. The molecule has 20 heavy (non-hydrogen) atoms. The standard InChI is InChI=1S/C16H12O4/c17-14-12-7-6-11(8-13(12)15(18)16(14)19)20-9-10-4-2-1-3-5-10/h1-8,16,19H,9H2. The first kappa shape index (κ1) is 12.6. The lowest BCUT2D eigenvalue weighted by Gasteiger charge is -2.07. The van der Waals surface area contributed by atoms with Gasteiger partial charge in [-0.25, -0.2) is 0 Å². The number of aliphatic hydroxyl groups is 1. The van der Waals surface area contributed by atoms with Crippen molar-refractivity contribution in [1.29, 1.82) is 0 Å². The van der Waals surface area contributed by atoms with Crippen LogP contribution in [0.3, 0.4) is 0 Å². The number of carbonyl (C=O) groups is 2. The third kappa shape index (κ3) is 2.10. The molecular weight excluding hydrogens is 256 g/mol. The van der Waals surface area contributed by atoms with Crippen molar-refractivity contribution in [2.24, 2.45) is 0 Å². The van der Waals surface area contributed by atoms with E-state index in [1.54, 1.807) is 6.07 Å². The highest BCUT2D eigenvalue weighted by molar-refractivity contribution is 6.28. The summed E-state index contributed by atoms with van der Waals surface area (Å²) in [6.07, 6.45) is -1.56. The molecule has 2 aromatic carbocycles. The number of hydrogen-bond donors (Lipinski definition) is 1. The monoisotopic (exact) mass is 268 g/mol. The highest BCUT2D eigenvalue weighted by Gasteiger charge is 2.37. The fourth-order valence-corrected chi connectivity index (χ4v) is 2.19. The highest BCUT2D eigenvalue weighted by atomic mass is 16.5. The van der Waals surface area contributed by atoms with Gasteiger partial charge in [0.25, 0.3) is 0 Å². The summed E-state index contributed by atoms with van der Waals surface area (Å²) in [4.78, 5) is 23.3. The average molecular weight is 268 g/mol. The summed E-state index contributed by atoms with van der Waals surface area (Å²) in [6, 6.07) is 14.3. The van der Waals surface area contributed by atoms with E-state index in [1.165, 1.54) is 12.1 Å². The molecule has 1 unspecified atom stereocenters. The van der Waals surface area contributed by atoms with Crippen LogP contribution in [0, 0.1) is 0 Å². The van der Waals surface area contributed by atoms with Gasteiger partial charge in [-0.3, -0.25) is 9.59 Å². The molecule has 0 heterocycles. The van der Waals surface area contributed by atoms with E-state index in [0.717, 1.165) is 5.56 Å². The van der Waals surface area contributed by atoms with Gasteiger partial charge in [-0.05, 0) is 23.8 Å². The Kier molecular flexibility index (Phi) is 3.08. The number of Topliss-reactive ketones (excluding diaryl/α,β-unsaturated/α-hetero) is 2. The maximum Gasteiger partial charge on any atom is 0.200 e. The van der Waals surface area contributed by atoms with E-state index in [2.05, 4.69) is 0 Å². The molecule has 0 aromatic heterocycles. The van der Waals surface area contributed by atoms with Crippen LogP contribution in [-0.4, -0.2) is 22.8 Å². The highest BCUT2D eigenvalue weighted by Crippen LogP contribution is 2.27. The molecule has 100 valence electrons. The normalized spacial score (nSPS) is 17.1. The lowest BCUT2D eigenvalue weighted by atomic mass is 10.1. The van der Waals surface area contributed by atoms with Crippen LogP contribution in [-0.2, 0) is 6.61 Å². The molecule has 1 N–H and O–H groups in total. The van der Waals surface area contributed by atoms with Crippen molar-refractivity contribution in [1.82, 2.24) is 0 Å². The van der Waals surface area contributed by atoms with Crippen LogP contribution in [0.2, 0.25) is 0 Å². The summed E-state index contributed by atoms with van der Waals surface area (Å²) in [6.45, 7) is 0.379. The molecule has 0 amide bonds. The van der Waals surface area contributed by atoms with Crippen LogP contribution in [0.25, 0.3) is 0 Å². The number of fused-ring (bicyclic) bond motifs is 1. The van der Waals surface area contributed by atoms with Crippen molar-refractivity contribution >= 4 is 11.6 Å². The van der Waals surface area contributed by atoms with Gasteiger partial charge in [0.15, 0.2) is 17.7 Å². The van der Waals surface area contributed by atoms with Gasteiger partial charge in [-0.1, -0.05) is 30.3 Å². The molecule has 0 radical (unpaired) electrons. The van der Waals surface area contributed by atoms with Gasteiger partial charge in [0.1, 0.15) is 12.4 Å². The number of hydrogen-bond acceptors (Lipinski definition) is 4. The van der Waals surface area contributed by atoms with Gasteiger partial charge in [0.2, 0.25) is 0 Å². The van der Waals surface area contributed by atoms with E-state index in [1.807, 2.05) is 30.3 Å². The topological polar surface area (TPSA) is 63.6 Å². The first-order valence-corrected chi connectivity index (χ1v) is 6.24. The summed E-state index contributed by atoms with van der Waals surface area (Å²) < 4.78 is 5.59. The Morgan fingerprint density at radius 1 is 0.950 bits per heavy atom. The molecule has 4 heteroatoms. The minimum atomic E-state index is -1.56. The molecule has 3 rings (SSSR count). The molecule has 0 bridgehead atoms. The molecule has 0 aliphatic heterocycles. The minimum absolute atomic E-state index is 0.230. The summed E-state index contributed by atoms with van der Waals surface area (Å²) >= 11 is 0. The number of aliphatic hydroxyl groups excluding tert-OH is 1. The van der Waals surface area contributed by atoms with Gasteiger partial charge in [-0.15, -0.1) is 0 Å². The summed E-state index contributed by atoms with van der Waals surface area (Å²) in [5, 5.41) is 9.45. The maximum absolute atomic E-state index is 11.7. The zero-order valence-corrected chi connectivity index (χ0v) is 10.6. The predicted octanol–water partition coefficient (Wildman–Crippen LogP) is 2.01. The van der Waals surface area contributed by atoms with E-state index in [0.29, 0.717) is 12.4 Å². The predicted molar refractivity (Wildman–Crippen MR) is 71.9 cm³/mol. The third-order valence-electron chi connectivity index (χ3n) is 3.27. The Balaban J connectivity index is 1.80. The van der Waals surface area contributed by atoms with Gasteiger partial charge in [-0.2, -0.15) is 0 Å². The number of benzene rings is 2. The Bertz CT molecular complexity index is 676. The van der Waals surface area contributed by atoms with Crippen molar-refractivity contribution in [2.75, 3.05) is 0 Å². The number of carbonyl (C=O) groups excluding carboxylic acids is 2. The van der Waals surface area contributed by atoms with Crippen LogP contribution >= 0.6 is 0 Å². The zero-order valence-electron chi connectivity index (χ0n) is 10.6. The van der Waals surface area contributed by atoms with Crippen LogP contribution in [0.1, 0.15) is 26.3 Å². The fourth-order valence-electron chi connectivity index (χ4n) is 2.19. The molecule has 1 aliphatic carbocycles. The summed E-state index contributed by atoms with van der Waals surface area (Å²) in [5.41, 5.74) is 1.50. The second-order valence-corrected chi connectivity index (χ2v) is 4.61. The summed E-state index contributed by atoms with van der Waals surface area (Å²) in [5.74, 6) is -0.599. The van der Waals surface area contributed by atoms with E-state index in [-0.39, 0.29) is 11.1 Å². The molecule has 0 spiro atoms. The second-order valence-electron chi connectivity index (χ2n) is 4.61. The quantitative estimate of drug-likeness (QED) is 0.865. The van der Waals surface area contributed by atoms with Crippen molar-refractivity contribution < 1.29 is 19.4 Å². The van der Waals surface area contributed by atoms with Crippen LogP contribution < -0.4 is 4.74 Å². The molecule has 4 nitrogen and oxygen atoms in total. The summed E-state index contributed by atoms with van der Waals surface area (Å²) in [7, 11) is 0. The lowest BCUT2D eigenvalue weighted by molar-refractivity contribution is 0.0663. The lowest BCUT2D eigenvalue weighted by Crippen LogP contribution is -2.20. The number of ether oxygens (including phenoxy) is 1. The van der Waals surface area contributed by atoms with Crippen LogP contribution in [0.5, 0.6) is 5.75 Å². The Morgan fingerprint density at radius 2 is 1.65 bits per heavy atom. The fraction of sp³-hybridized carbons (Fsp3) is 0.125. The van der Waals surface area contributed by atoms with E-state index in [4.69, 9.17) is 4.74 Å². The van der Waals surface area contributed by atoms with Gasteiger partial charge >= 0.3 is 0 Å². The van der Waals surface area contributed by atoms with Crippen LogP contribution in [0.4, 0.5) is 0 Å². The molecule has 0 fully saturated rings. The largest absolute Gasteiger partial charge is 0.489 e. The maximum atomic E-state index is 11.7. The molecule has 0 saturated heterocycles. The molecular formula is C16H12O4. The van der Waals surface area contributed by atoms with Gasteiger partial charge in [0, 0.05) is 11.1 Å². The van der Waals surface area contributed by atoms with E-state index in [9.17, 15) is 14.7 Å². The van der Waals surface area contributed by atoms with Crippen molar-refractivity contribution in [3.63, 3.8) is 0 Å². The van der Waals surface area contributed by atoms with Gasteiger partial charge in [0.05, 0.1) is 0 Å². The van der Waals surface area contributed by atoms with Gasteiger partial charge < -0.3 is 9.84 Å². The van der Waals surface area contributed by atoms with Crippen LogP contribution in [0.15, 0.2) is 48.5 Å². The zero-order chi connectivity index (χ0) is 14.1. The number of ketones is 2. The minimum Gasteiger partial charge on any atom is -0.489 e. The smallest absolute Gasteiger partial charge is 0.200 e. The first-order valence-electron chi connectivity index (χ1n) is 6.24. The van der Waals surface area contributed by atoms with Crippen molar-refractivity contribution in [3.05, 3.63) is 65.2 Å². The third-order valence-corrected chi connectivity index (χ3v) is 3.27. The van der Waals surface area contributed by atoms with E-state index >= 15 is 0 Å². The number of rotatable bonds is 3. The molecule has 1 aliphatic rings. The molecule has 0 saturated carbocycles. The molecule has 2 aromatic rings. The first-order chi connectivity index (χ1) is 9.66. The Hall–Kier alpha value is -2.46. The average Bonchev–Trinajstić information content (AvgIpc) is 2.71. The van der Waals surface area contributed by atoms with E-state index < -0.39 is 17.7 Å².